The maximum atomic E-state index is 10.2. The highest BCUT2D eigenvalue weighted by Gasteiger charge is 2.08. The molecule has 0 amide bonds. The maximum absolute atomic E-state index is 10.2. The Labute approximate surface area is 73.4 Å². The molecule has 0 fully saturated rings. The number of carboxylic acid groups (broad SMARTS) is 1. The van der Waals surface area contributed by atoms with E-state index in [-0.39, 0.29) is 24.7 Å². The average molecular weight is 182 g/mol. The molecule has 0 saturated heterocycles. The number of carboxylic acids is 1. The summed E-state index contributed by atoms with van der Waals surface area (Å²) in [6, 6.07) is 0. The van der Waals surface area contributed by atoms with Crippen molar-refractivity contribution in [3.8, 4) is 0 Å². The van der Waals surface area contributed by atoms with Gasteiger partial charge in [0.15, 0.2) is 0 Å². The van der Waals surface area contributed by atoms with E-state index >= 15 is 0 Å². The van der Waals surface area contributed by atoms with Gasteiger partial charge in [0.05, 0.1) is 0 Å². The molecule has 4 heteroatoms. The van der Waals surface area contributed by atoms with Crippen molar-refractivity contribution in [3.05, 3.63) is 0 Å². The second-order valence-corrected chi connectivity index (χ2v) is 2.45. The smallest absolute Gasteiger partial charge is 0.303 e. The molecule has 3 nitrogen and oxygen atoms in total. The van der Waals surface area contributed by atoms with Crippen molar-refractivity contribution < 1.29 is 9.90 Å². The van der Waals surface area contributed by atoms with Crippen molar-refractivity contribution in [1.82, 2.24) is 0 Å². The van der Waals surface area contributed by atoms with Gasteiger partial charge in [0.2, 0.25) is 0 Å². The minimum atomic E-state index is -0.722. The van der Waals surface area contributed by atoms with Crippen molar-refractivity contribution in [2.45, 2.75) is 26.2 Å². The van der Waals surface area contributed by atoms with E-state index in [4.69, 9.17) is 10.8 Å². The van der Waals surface area contributed by atoms with E-state index in [0.29, 0.717) is 6.54 Å². The van der Waals surface area contributed by atoms with Gasteiger partial charge in [-0.15, -0.1) is 12.4 Å². The molecule has 0 heterocycles. The standard InChI is InChI=1S/C7H15NO2.ClH/c1-2-6(3-4-8)5-7(9)10;/h6H,2-5,8H2,1H3,(H,9,10);1H. The molecule has 0 saturated carbocycles. The molecule has 0 aromatic rings. The molecule has 0 aliphatic rings. The molecule has 3 N–H and O–H groups in total. The van der Waals surface area contributed by atoms with Crippen LogP contribution in [-0.4, -0.2) is 17.6 Å². The average Bonchev–Trinajstić information content (AvgIpc) is 1.86. The van der Waals surface area contributed by atoms with Crippen molar-refractivity contribution in [3.63, 3.8) is 0 Å². The summed E-state index contributed by atoms with van der Waals surface area (Å²) in [6.45, 7) is 2.58. The first kappa shape index (κ1) is 13.3. The summed E-state index contributed by atoms with van der Waals surface area (Å²) in [4.78, 5) is 10.2. The molecule has 0 aliphatic heterocycles. The van der Waals surface area contributed by atoms with Gasteiger partial charge in [0, 0.05) is 6.42 Å². The summed E-state index contributed by atoms with van der Waals surface area (Å²) in [5, 5.41) is 8.40. The Morgan fingerprint density at radius 1 is 1.64 bits per heavy atom. The third-order valence-electron chi connectivity index (χ3n) is 1.62. The number of hydrogen-bond donors (Lipinski definition) is 2. The third kappa shape index (κ3) is 7.62. The van der Waals surface area contributed by atoms with Crippen LogP contribution in [0.1, 0.15) is 26.2 Å². The van der Waals surface area contributed by atoms with Gasteiger partial charge in [0.1, 0.15) is 0 Å². The largest absolute Gasteiger partial charge is 0.481 e. The lowest BCUT2D eigenvalue weighted by Crippen LogP contribution is -2.11. The quantitative estimate of drug-likeness (QED) is 0.671. The van der Waals surface area contributed by atoms with E-state index < -0.39 is 5.97 Å². The topological polar surface area (TPSA) is 63.3 Å². The number of halogens is 1. The van der Waals surface area contributed by atoms with E-state index in [0.717, 1.165) is 12.8 Å². The van der Waals surface area contributed by atoms with Crippen molar-refractivity contribution in [2.24, 2.45) is 11.7 Å². The van der Waals surface area contributed by atoms with Crippen LogP contribution in [0.2, 0.25) is 0 Å². The SMILES string of the molecule is CCC(CCN)CC(=O)O.Cl. The Balaban J connectivity index is 0. The van der Waals surface area contributed by atoms with Gasteiger partial charge in [0.25, 0.3) is 0 Å². The van der Waals surface area contributed by atoms with Crippen LogP contribution in [0.25, 0.3) is 0 Å². The van der Waals surface area contributed by atoms with Crippen LogP contribution < -0.4 is 5.73 Å². The molecule has 0 bridgehead atoms. The fourth-order valence-electron chi connectivity index (χ4n) is 0.933. The molecule has 0 aromatic heterocycles. The molecule has 0 spiro atoms. The fourth-order valence-corrected chi connectivity index (χ4v) is 0.933. The van der Waals surface area contributed by atoms with Crippen LogP contribution in [0.5, 0.6) is 0 Å². The molecule has 11 heavy (non-hydrogen) atoms. The van der Waals surface area contributed by atoms with Gasteiger partial charge in [-0.3, -0.25) is 4.79 Å². The summed E-state index contributed by atoms with van der Waals surface area (Å²) in [5.41, 5.74) is 5.29. The highest BCUT2D eigenvalue weighted by molar-refractivity contribution is 5.85. The Bertz CT molecular complexity index is 109. The Hall–Kier alpha value is -0.280. The third-order valence-corrected chi connectivity index (χ3v) is 1.62. The van der Waals surface area contributed by atoms with E-state index in [1.807, 2.05) is 6.92 Å². The highest BCUT2D eigenvalue weighted by Crippen LogP contribution is 2.11. The zero-order valence-corrected chi connectivity index (χ0v) is 7.56. The summed E-state index contributed by atoms with van der Waals surface area (Å²) in [6.07, 6.45) is 1.99. The predicted molar refractivity (Wildman–Crippen MR) is 47.0 cm³/mol. The summed E-state index contributed by atoms with van der Waals surface area (Å²) >= 11 is 0. The molecule has 0 aliphatic carbocycles. The van der Waals surface area contributed by atoms with Crippen molar-refractivity contribution in [2.75, 3.05) is 6.54 Å². The summed E-state index contributed by atoms with van der Waals surface area (Å²) in [5.74, 6) is -0.456. The molecule has 68 valence electrons. The van der Waals surface area contributed by atoms with Crippen LogP contribution in [0.4, 0.5) is 0 Å². The normalized spacial score (nSPS) is 11.8. The van der Waals surface area contributed by atoms with Gasteiger partial charge in [-0.2, -0.15) is 0 Å². The lowest BCUT2D eigenvalue weighted by molar-refractivity contribution is -0.138. The van der Waals surface area contributed by atoms with Crippen LogP contribution in [0.3, 0.4) is 0 Å². The van der Waals surface area contributed by atoms with E-state index in [9.17, 15) is 4.79 Å². The molecule has 0 rings (SSSR count). The first-order valence-electron chi connectivity index (χ1n) is 3.62. The Morgan fingerprint density at radius 2 is 2.18 bits per heavy atom. The lowest BCUT2D eigenvalue weighted by atomic mass is 9.99. The van der Waals surface area contributed by atoms with Gasteiger partial charge < -0.3 is 10.8 Å². The highest BCUT2D eigenvalue weighted by atomic mass is 35.5. The molecule has 1 atom stereocenters. The predicted octanol–water partition coefficient (Wildman–Crippen LogP) is 1.26. The van der Waals surface area contributed by atoms with Crippen molar-refractivity contribution >= 4 is 18.4 Å². The second-order valence-electron chi connectivity index (χ2n) is 2.45. The Kier molecular flexibility index (Phi) is 9.47. The van der Waals surface area contributed by atoms with Crippen LogP contribution in [0.15, 0.2) is 0 Å². The minimum absolute atomic E-state index is 0. The maximum Gasteiger partial charge on any atom is 0.303 e. The van der Waals surface area contributed by atoms with E-state index in [1.165, 1.54) is 0 Å². The molecule has 1 unspecified atom stereocenters. The van der Waals surface area contributed by atoms with Crippen LogP contribution in [0, 0.1) is 5.92 Å². The van der Waals surface area contributed by atoms with E-state index in [1.54, 1.807) is 0 Å². The molecule has 0 radical (unpaired) electrons. The van der Waals surface area contributed by atoms with Gasteiger partial charge in [-0.05, 0) is 18.9 Å². The fraction of sp³-hybridized carbons (Fsp3) is 0.857. The number of hydrogen-bond acceptors (Lipinski definition) is 2. The summed E-state index contributed by atoms with van der Waals surface area (Å²) < 4.78 is 0. The lowest BCUT2D eigenvalue weighted by Gasteiger charge is -2.08. The number of carbonyl (C=O) groups is 1. The van der Waals surface area contributed by atoms with Gasteiger partial charge in [-0.1, -0.05) is 13.3 Å². The first-order valence-corrected chi connectivity index (χ1v) is 3.62. The second kappa shape index (κ2) is 7.82. The zero-order chi connectivity index (χ0) is 7.98. The van der Waals surface area contributed by atoms with Gasteiger partial charge >= 0.3 is 5.97 Å². The number of nitrogens with two attached hydrogens (primary N) is 1. The molecule has 0 aromatic carbocycles. The zero-order valence-electron chi connectivity index (χ0n) is 6.75. The molecular weight excluding hydrogens is 166 g/mol. The monoisotopic (exact) mass is 181 g/mol. The minimum Gasteiger partial charge on any atom is -0.481 e. The number of aliphatic carboxylic acids is 1. The first-order chi connectivity index (χ1) is 4.70. The van der Waals surface area contributed by atoms with E-state index in [2.05, 4.69) is 0 Å². The Morgan fingerprint density at radius 3 is 2.45 bits per heavy atom. The number of rotatable bonds is 5. The summed E-state index contributed by atoms with van der Waals surface area (Å²) in [7, 11) is 0. The van der Waals surface area contributed by atoms with Crippen LogP contribution >= 0.6 is 12.4 Å². The van der Waals surface area contributed by atoms with Crippen LogP contribution in [-0.2, 0) is 4.79 Å². The van der Waals surface area contributed by atoms with Gasteiger partial charge in [-0.25, -0.2) is 0 Å². The molecular formula is C7H16ClNO2. The van der Waals surface area contributed by atoms with Crippen molar-refractivity contribution in [1.29, 1.82) is 0 Å².